The molecule has 0 fully saturated rings. The number of thioether (sulfide) groups is 1. The summed E-state index contributed by atoms with van der Waals surface area (Å²) < 4.78 is 18.4. The van der Waals surface area contributed by atoms with Crippen molar-refractivity contribution in [2.75, 3.05) is 19.2 Å². The molecule has 0 radical (unpaired) electrons. The molecule has 5 rings (SSSR count). The Morgan fingerprint density at radius 3 is 2.58 bits per heavy atom. The van der Waals surface area contributed by atoms with E-state index in [0.717, 1.165) is 17.0 Å². The van der Waals surface area contributed by atoms with Crippen LogP contribution in [0.3, 0.4) is 0 Å². The molecule has 1 aliphatic rings. The molecule has 166 valence electrons. The molecule has 0 unspecified atom stereocenters. The van der Waals surface area contributed by atoms with Crippen LogP contribution in [0.2, 0.25) is 0 Å². The third-order valence-corrected chi connectivity index (χ3v) is 6.03. The van der Waals surface area contributed by atoms with Gasteiger partial charge in [0.25, 0.3) is 0 Å². The van der Waals surface area contributed by atoms with Crippen LogP contribution in [0, 0.1) is 0 Å². The van der Waals surface area contributed by atoms with E-state index in [1.54, 1.807) is 12.1 Å². The Balaban J connectivity index is 1.42. The molecular formula is C25H21N3O4S. The van der Waals surface area contributed by atoms with Crippen molar-refractivity contribution in [3.8, 4) is 34.3 Å². The first-order chi connectivity index (χ1) is 16.2. The predicted octanol–water partition coefficient (Wildman–Crippen LogP) is 5.04. The summed E-state index contributed by atoms with van der Waals surface area (Å²) in [5.41, 5.74) is 2.39. The molecule has 0 atom stereocenters. The van der Waals surface area contributed by atoms with Crippen LogP contribution in [0.1, 0.15) is 17.3 Å². The fourth-order valence-corrected chi connectivity index (χ4v) is 4.36. The van der Waals surface area contributed by atoms with Crippen LogP contribution in [0.25, 0.3) is 17.1 Å². The number of nitrogens with zero attached hydrogens (tertiary/aromatic N) is 3. The van der Waals surface area contributed by atoms with E-state index in [0.29, 0.717) is 34.7 Å². The minimum atomic E-state index is 0.00953. The highest BCUT2D eigenvalue weighted by atomic mass is 32.2. The molecule has 1 aromatic heterocycles. The minimum Gasteiger partial charge on any atom is -0.494 e. The first kappa shape index (κ1) is 21.1. The summed E-state index contributed by atoms with van der Waals surface area (Å²) in [5, 5.41) is 9.47. The van der Waals surface area contributed by atoms with E-state index in [-0.39, 0.29) is 18.3 Å². The first-order valence-electron chi connectivity index (χ1n) is 10.5. The van der Waals surface area contributed by atoms with Crippen molar-refractivity contribution in [1.82, 2.24) is 14.8 Å². The molecule has 0 amide bonds. The maximum Gasteiger partial charge on any atom is 0.231 e. The lowest BCUT2D eigenvalue weighted by Crippen LogP contribution is -2.05. The number of carbonyl (C=O) groups is 1. The van der Waals surface area contributed by atoms with Gasteiger partial charge in [0.2, 0.25) is 6.79 Å². The van der Waals surface area contributed by atoms with Crippen molar-refractivity contribution >= 4 is 17.5 Å². The van der Waals surface area contributed by atoms with E-state index in [2.05, 4.69) is 10.2 Å². The lowest BCUT2D eigenvalue weighted by Gasteiger charge is -2.10. The Hall–Kier alpha value is -3.78. The van der Waals surface area contributed by atoms with Gasteiger partial charge in [0.15, 0.2) is 28.3 Å². The van der Waals surface area contributed by atoms with Crippen LogP contribution < -0.4 is 14.2 Å². The van der Waals surface area contributed by atoms with Gasteiger partial charge in [-0.25, -0.2) is 0 Å². The van der Waals surface area contributed by atoms with Crippen LogP contribution in [-0.4, -0.2) is 39.7 Å². The number of Topliss-reactive ketones (excluding diaryl/α,β-unsaturated/α-hetero) is 1. The standard InChI is InChI=1S/C25H21N3O4S/c1-2-30-20-11-8-17(9-12-20)21(29)15-33-25-27-26-24(28(25)19-6-4-3-5-7-19)18-10-13-22-23(14-18)32-16-31-22/h3-14H,2,15-16H2,1H3. The Bertz CT molecular complexity index is 1270. The predicted molar refractivity (Wildman–Crippen MR) is 126 cm³/mol. The highest BCUT2D eigenvalue weighted by molar-refractivity contribution is 7.99. The van der Waals surface area contributed by atoms with Gasteiger partial charge in [0.05, 0.1) is 12.4 Å². The maximum absolute atomic E-state index is 12.8. The zero-order valence-electron chi connectivity index (χ0n) is 17.9. The molecule has 0 N–H and O–H groups in total. The molecule has 7 nitrogen and oxygen atoms in total. The van der Waals surface area contributed by atoms with E-state index in [1.807, 2.05) is 72.2 Å². The number of rotatable bonds is 8. The van der Waals surface area contributed by atoms with E-state index < -0.39 is 0 Å². The molecule has 0 saturated heterocycles. The topological polar surface area (TPSA) is 75.5 Å². The molecule has 0 bridgehead atoms. The van der Waals surface area contributed by atoms with E-state index >= 15 is 0 Å². The van der Waals surface area contributed by atoms with Gasteiger partial charge in [-0.15, -0.1) is 10.2 Å². The van der Waals surface area contributed by atoms with Crippen LogP contribution in [0.15, 0.2) is 78.0 Å². The van der Waals surface area contributed by atoms with Crippen LogP contribution >= 0.6 is 11.8 Å². The third-order valence-electron chi connectivity index (χ3n) is 5.10. The van der Waals surface area contributed by atoms with E-state index in [9.17, 15) is 4.79 Å². The van der Waals surface area contributed by atoms with Gasteiger partial charge in [0.1, 0.15) is 5.75 Å². The van der Waals surface area contributed by atoms with Gasteiger partial charge in [-0.05, 0) is 61.5 Å². The van der Waals surface area contributed by atoms with Crippen molar-refractivity contribution in [3.05, 3.63) is 78.4 Å². The number of carbonyl (C=O) groups excluding carboxylic acids is 1. The van der Waals surface area contributed by atoms with Crippen molar-refractivity contribution in [3.63, 3.8) is 0 Å². The summed E-state index contributed by atoms with van der Waals surface area (Å²) in [6, 6.07) is 22.7. The van der Waals surface area contributed by atoms with Crippen molar-refractivity contribution in [1.29, 1.82) is 0 Å². The highest BCUT2D eigenvalue weighted by Crippen LogP contribution is 2.37. The van der Waals surface area contributed by atoms with Gasteiger partial charge in [-0.2, -0.15) is 0 Å². The van der Waals surface area contributed by atoms with Crippen LogP contribution in [-0.2, 0) is 0 Å². The zero-order valence-corrected chi connectivity index (χ0v) is 18.7. The Morgan fingerprint density at radius 1 is 1.00 bits per heavy atom. The number of fused-ring (bicyclic) bond motifs is 1. The number of aromatic nitrogens is 3. The third kappa shape index (κ3) is 4.42. The quantitative estimate of drug-likeness (QED) is 0.270. The van der Waals surface area contributed by atoms with E-state index in [4.69, 9.17) is 14.2 Å². The maximum atomic E-state index is 12.8. The van der Waals surface area contributed by atoms with Crippen LogP contribution in [0.4, 0.5) is 0 Å². The Morgan fingerprint density at radius 2 is 1.79 bits per heavy atom. The lowest BCUT2D eigenvalue weighted by atomic mass is 10.1. The summed E-state index contributed by atoms with van der Waals surface area (Å²) in [7, 11) is 0. The molecule has 33 heavy (non-hydrogen) atoms. The molecule has 3 aromatic carbocycles. The Labute approximate surface area is 195 Å². The molecule has 1 aliphatic heterocycles. The largest absolute Gasteiger partial charge is 0.494 e. The number of para-hydroxylation sites is 1. The molecular weight excluding hydrogens is 438 g/mol. The molecule has 8 heteroatoms. The summed E-state index contributed by atoms with van der Waals surface area (Å²) >= 11 is 1.35. The summed E-state index contributed by atoms with van der Waals surface area (Å²) in [5.74, 6) is 3.04. The lowest BCUT2D eigenvalue weighted by molar-refractivity contribution is 0.102. The van der Waals surface area contributed by atoms with E-state index in [1.165, 1.54) is 11.8 Å². The number of benzene rings is 3. The molecule has 0 spiro atoms. The normalized spacial score (nSPS) is 12.0. The first-order valence-corrected chi connectivity index (χ1v) is 11.5. The second kappa shape index (κ2) is 9.38. The molecule has 0 saturated carbocycles. The van der Waals surface area contributed by atoms with Crippen molar-refractivity contribution in [2.45, 2.75) is 12.1 Å². The fraction of sp³-hybridized carbons (Fsp3) is 0.160. The summed E-state index contributed by atoms with van der Waals surface area (Å²) in [4.78, 5) is 12.8. The van der Waals surface area contributed by atoms with Gasteiger partial charge < -0.3 is 14.2 Å². The van der Waals surface area contributed by atoms with Crippen LogP contribution in [0.5, 0.6) is 17.2 Å². The average Bonchev–Trinajstić information content (AvgIpc) is 3.50. The monoisotopic (exact) mass is 459 g/mol. The minimum absolute atomic E-state index is 0.00953. The van der Waals surface area contributed by atoms with Gasteiger partial charge >= 0.3 is 0 Å². The van der Waals surface area contributed by atoms with Gasteiger partial charge in [0, 0.05) is 16.8 Å². The summed E-state index contributed by atoms with van der Waals surface area (Å²) in [6.07, 6.45) is 0. The summed E-state index contributed by atoms with van der Waals surface area (Å²) in [6.45, 7) is 2.72. The highest BCUT2D eigenvalue weighted by Gasteiger charge is 2.20. The second-order valence-corrected chi connectivity index (χ2v) is 8.16. The SMILES string of the molecule is CCOc1ccc(C(=O)CSc2nnc(-c3ccc4c(c3)OCO4)n2-c2ccccc2)cc1. The average molecular weight is 460 g/mol. The number of hydrogen-bond donors (Lipinski definition) is 0. The van der Waals surface area contributed by atoms with Gasteiger partial charge in [-0.1, -0.05) is 30.0 Å². The van der Waals surface area contributed by atoms with Gasteiger partial charge in [-0.3, -0.25) is 9.36 Å². The van der Waals surface area contributed by atoms with Crippen molar-refractivity contribution < 1.29 is 19.0 Å². The number of ketones is 1. The zero-order chi connectivity index (χ0) is 22.6. The number of ether oxygens (including phenoxy) is 3. The molecule has 4 aromatic rings. The second-order valence-electron chi connectivity index (χ2n) is 7.21. The molecule has 0 aliphatic carbocycles. The fourth-order valence-electron chi connectivity index (χ4n) is 3.51. The smallest absolute Gasteiger partial charge is 0.231 e. The molecule has 2 heterocycles. The number of hydrogen-bond acceptors (Lipinski definition) is 7. The van der Waals surface area contributed by atoms with Crippen molar-refractivity contribution in [2.24, 2.45) is 0 Å². The Kier molecular flexibility index (Phi) is 5.99.